The second-order valence-corrected chi connectivity index (χ2v) is 6.24. The molecule has 0 saturated carbocycles. The summed E-state index contributed by atoms with van der Waals surface area (Å²) in [5, 5.41) is 11.1. The van der Waals surface area contributed by atoms with E-state index in [1.807, 2.05) is 51.1 Å². The molecule has 1 aromatic heterocycles. The smallest absolute Gasteiger partial charge is 0.413 e. The number of hydrogen-bond acceptors (Lipinski definition) is 5. The van der Waals surface area contributed by atoms with Crippen LogP contribution in [0.15, 0.2) is 36.4 Å². The predicted molar refractivity (Wildman–Crippen MR) is 105 cm³/mol. The minimum Gasteiger partial charge on any atom is -0.450 e. The number of amides is 1. The summed E-state index contributed by atoms with van der Waals surface area (Å²) in [5.74, 6) is 0.785. The summed E-state index contributed by atoms with van der Waals surface area (Å²) in [5.41, 5.74) is 4.27. The Morgan fingerprint density at radius 2 is 1.85 bits per heavy atom. The third kappa shape index (κ3) is 3.76. The molecule has 2 aromatic carbocycles. The molecule has 0 aliphatic rings. The normalized spacial score (nSPS) is 10.7. The number of aromatic nitrogens is 2. The van der Waals surface area contributed by atoms with Crippen LogP contribution in [0.25, 0.3) is 11.0 Å². The number of carbonyl (C=O) groups excluding carboxylic acids is 1. The van der Waals surface area contributed by atoms with Crippen molar-refractivity contribution < 1.29 is 14.3 Å². The minimum absolute atomic E-state index is 0.162. The van der Waals surface area contributed by atoms with Crippen LogP contribution in [0.3, 0.4) is 0 Å². The van der Waals surface area contributed by atoms with Gasteiger partial charge in [-0.15, -0.1) is 0 Å². The molecule has 0 spiro atoms. The predicted octanol–water partition coefficient (Wildman–Crippen LogP) is 4.39. The molecule has 1 amide bonds. The Labute approximate surface area is 157 Å². The molecule has 27 heavy (non-hydrogen) atoms. The molecule has 0 atom stereocenters. The summed E-state index contributed by atoms with van der Waals surface area (Å²) in [6.07, 6.45) is -0.635. The number of aryl methyl sites for hydroxylation is 3. The first kappa shape index (κ1) is 18.4. The molecule has 3 rings (SSSR count). The van der Waals surface area contributed by atoms with E-state index in [0.29, 0.717) is 16.8 Å². The number of benzene rings is 2. The molecule has 140 valence electrons. The summed E-state index contributed by atoms with van der Waals surface area (Å²) < 4.78 is 12.3. The van der Waals surface area contributed by atoms with Crippen molar-refractivity contribution in [2.45, 2.75) is 27.7 Å². The zero-order valence-corrected chi connectivity index (χ0v) is 15.8. The van der Waals surface area contributed by atoms with Crippen molar-refractivity contribution in [3.63, 3.8) is 0 Å². The third-order valence-electron chi connectivity index (χ3n) is 4.06. The van der Waals surface area contributed by atoms with E-state index in [0.717, 1.165) is 16.7 Å². The lowest BCUT2D eigenvalue weighted by atomic mass is 10.1. The Bertz CT molecular complexity index is 1000. The summed E-state index contributed by atoms with van der Waals surface area (Å²) in [7, 11) is 0. The van der Waals surface area contributed by atoms with Crippen LogP contribution in [0.5, 0.6) is 5.75 Å². The number of para-hydroxylation sites is 2. The van der Waals surface area contributed by atoms with Gasteiger partial charge in [0.25, 0.3) is 0 Å². The number of carbonyl (C=O) groups is 1. The van der Waals surface area contributed by atoms with Crippen LogP contribution in [0, 0.1) is 26.2 Å². The van der Waals surface area contributed by atoms with Gasteiger partial charge < -0.3 is 9.47 Å². The molecule has 0 unspecified atom stereocenters. The lowest BCUT2D eigenvalue weighted by Gasteiger charge is -2.15. The maximum absolute atomic E-state index is 11.9. The van der Waals surface area contributed by atoms with E-state index in [-0.39, 0.29) is 18.6 Å². The van der Waals surface area contributed by atoms with Crippen LogP contribution in [0.2, 0.25) is 0 Å². The van der Waals surface area contributed by atoms with Gasteiger partial charge in [0, 0.05) is 0 Å². The fourth-order valence-electron chi connectivity index (χ4n) is 3.04. The van der Waals surface area contributed by atoms with Gasteiger partial charge >= 0.3 is 12.1 Å². The number of anilines is 1. The van der Waals surface area contributed by atoms with Crippen LogP contribution in [-0.2, 0) is 4.74 Å². The molecule has 0 fully saturated rings. The van der Waals surface area contributed by atoms with Crippen molar-refractivity contribution >= 4 is 29.1 Å². The number of hydrogen-bond donors (Lipinski definition) is 2. The van der Waals surface area contributed by atoms with Gasteiger partial charge in [0.15, 0.2) is 0 Å². The van der Waals surface area contributed by atoms with E-state index in [1.165, 1.54) is 4.57 Å². The van der Waals surface area contributed by atoms with Gasteiger partial charge in [0.1, 0.15) is 5.75 Å². The first-order chi connectivity index (χ1) is 12.9. The van der Waals surface area contributed by atoms with Gasteiger partial charge in [-0.3, -0.25) is 10.7 Å². The molecule has 0 aliphatic carbocycles. The van der Waals surface area contributed by atoms with E-state index in [9.17, 15) is 4.79 Å². The monoisotopic (exact) mass is 366 g/mol. The van der Waals surface area contributed by atoms with Crippen molar-refractivity contribution in [1.29, 1.82) is 5.41 Å². The lowest BCUT2D eigenvalue weighted by molar-refractivity contribution is 0.167. The van der Waals surface area contributed by atoms with Crippen LogP contribution in [-0.4, -0.2) is 28.3 Å². The second-order valence-electron chi connectivity index (χ2n) is 6.24. The van der Waals surface area contributed by atoms with Gasteiger partial charge in [-0.2, -0.15) is 0 Å². The zero-order valence-electron chi connectivity index (χ0n) is 15.8. The SMILES string of the molecule is CCOC(=O)Nc1nc2ccccc2n1C(=N)Oc1c(C)cc(C)cc1C. The highest BCUT2D eigenvalue weighted by Gasteiger charge is 2.19. The lowest BCUT2D eigenvalue weighted by Crippen LogP contribution is -2.24. The van der Waals surface area contributed by atoms with Crippen LogP contribution < -0.4 is 10.1 Å². The van der Waals surface area contributed by atoms with E-state index in [4.69, 9.17) is 14.9 Å². The Kier molecular flexibility index (Phi) is 5.12. The summed E-state index contributed by atoms with van der Waals surface area (Å²) in [6, 6.07) is 11.1. The first-order valence-electron chi connectivity index (χ1n) is 8.66. The number of rotatable bonds is 3. The van der Waals surface area contributed by atoms with E-state index < -0.39 is 6.09 Å². The maximum Gasteiger partial charge on any atom is 0.413 e. The molecule has 3 aromatic rings. The van der Waals surface area contributed by atoms with Crippen molar-refractivity contribution in [3.05, 3.63) is 53.1 Å². The van der Waals surface area contributed by atoms with Gasteiger partial charge in [0.05, 0.1) is 17.6 Å². The topological polar surface area (TPSA) is 89.2 Å². The van der Waals surface area contributed by atoms with E-state index in [1.54, 1.807) is 13.0 Å². The average Bonchev–Trinajstić information content (AvgIpc) is 2.95. The summed E-state index contributed by atoms with van der Waals surface area (Å²) in [4.78, 5) is 16.3. The Morgan fingerprint density at radius 1 is 1.19 bits per heavy atom. The van der Waals surface area contributed by atoms with Crippen LogP contribution in [0.4, 0.5) is 10.7 Å². The fraction of sp³-hybridized carbons (Fsp3) is 0.250. The van der Waals surface area contributed by atoms with Crippen molar-refractivity contribution in [2.75, 3.05) is 11.9 Å². The molecule has 1 heterocycles. The summed E-state index contributed by atoms with van der Waals surface area (Å²) >= 11 is 0. The standard InChI is InChI=1S/C20H22N4O3/c1-5-26-20(25)23-19-22-15-8-6-7-9-16(15)24(19)18(21)27-17-13(3)10-12(2)11-14(17)4/h6-11,21H,5H2,1-4H3,(H,22,23,25). The van der Waals surface area contributed by atoms with E-state index in [2.05, 4.69) is 10.3 Å². The number of imidazole rings is 1. The van der Waals surface area contributed by atoms with Crippen LogP contribution >= 0.6 is 0 Å². The summed E-state index contributed by atoms with van der Waals surface area (Å²) in [6.45, 7) is 7.84. The molecular weight excluding hydrogens is 344 g/mol. The Morgan fingerprint density at radius 3 is 2.52 bits per heavy atom. The largest absolute Gasteiger partial charge is 0.450 e. The van der Waals surface area contributed by atoms with E-state index >= 15 is 0 Å². The maximum atomic E-state index is 11.9. The highest BCUT2D eigenvalue weighted by molar-refractivity contribution is 5.95. The van der Waals surface area contributed by atoms with Gasteiger partial charge in [-0.25, -0.2) is 14.3 Å². The number of ether oxygens (including phenoxy) is 2. The van der Waals surface area contributed by atoms with Crippen molar-refractivity contribution in [3.8, 4) is 5.75 Å². The number of nitrogens with one attached hydrogen (secondary N) is 2. The fourth-order valence-corrected chi connectivity index (χ4v) is 3.04. The molecule has 0 saturated heterocycles. The van der Waals surface area contributed by atoms with Gasteiger partial charge in [-0.1, -0.05) is 29.8 Å². The first-order valence-corrected chi connectivity index (χ1v) is 8.66. The number of nitrogens with zero attached hydrogens (tertiary/aromatic N) is 2. The van der Waals surface area contributed by atoms with Gasteiger partial charge in [-0.05, 0) is 51.0 Å². The van der Waals surface area contributed by atoms with Crippen molar-refractivity contribution in [1.82, 2.24) is 9.55 Å². The second kappa shape index (κ2) is 7.49. The molecule has 2 N–H and O–H groups in total. The minimum atomic E-state index is -0.635. The molecule has 7 nitrogen and oxygen atoms in total. The Hall–Kier alpha value is -3.35. The molecule has 7 heteroatoms. The zero-order chi connectivity index (χ0) is 19.6. The molecular formula is C20H22N4O3. The molecule has 0 radical (unpaired) electrons. The van der Waals surface area contributed by atoms with Crippen LogP contribution in [0.1, 0.15) is 23.6 Å². The van der Waals surface area contributed by atoms with Crippen molar-refractivity contribution in [2.24, 2.45) is 0 Å². The Balaban J connectivity index is 2.02. The highest BCUT2D eigenvalue weighted by Crippen LogP contribution is 2.26. The molecule has 0 bridgehead atoms. The van der Waals surface area contributed by atoms with Gasteiger partial charge in [0.2, 0.25) is 5.95 Å². The highest BCUT2D eigenvalue weighted by atomic mass is 16.5. The third-order valence-corrected chi connectivity index (χ3v) is 4.06. The molecule has 0 aliphatic heterocycles. The number of fused-ring (bicyclic) bond motifs is 1. The quantitative estimate of drug-likeness (QED) is 0.531. The average molecular weight is 366 g/mol.